The van der Waals surface area contributed by atoms with Crippen molar-refractivity contribution in [2.75, 3.05) is 44.2 Å². The van der Waals surface area contributed by atoms with E-state index in [0.717, 1.165) is 5.69 Å². The van der Waals surface area contributed by atoms with Crippen LogP contribution in [0.1, 0.15) is 0 Å². The van der Waals surface area contributed by atoms with Crippen molar-refractivity contribution in [2.24, 2.45) is 5.73 Å². The first kappa shape index (κ1) is 15.2. The Morgan fingerprint density at radius 2 is 1.76 bits per heavy atom. The van der Waals surface area contributed by atoms with E-state index in [2.05, 4.69) is 10.2 Å². The number of amides is 2. The van der Waals surface area contributed by atoms with E-state index < -0.39 is 0 Å². The van der Waals surface area contributed by atoms with E-state index in [4.69, 9.17) is 5.73 Å². The van der Waals surface area contributed by atoms with Crippen LogP contribution in [0.4, 0.5) is 10.1 Å². The molecule has 1 aromatic carbocycles. The molecule has 0 atom stereocenters. The van der Waals surface area contributed by atoms with Crippen LogP contribution in [0.5, 0.6) is 0 Å². The Balaban J connectivity index is 1.81. The Kier molecular flexibility index (Phi) is 5.10. The van der Waals surface area contributed by atoms with Gasteiger partial charge in [0.15, 0.2) is 0 Å². The van der Waals surface area contributed by atoms with E-state index in [0.29, 0.717) is 26.2 Å². The number of nitrogens with one attached hydrogen (secondary N) is 1. The molecule has 0 aliphatic carbocycles. The zero-order valence-electron chi connectivity index (χ0n) is 11.7. The van der Waals surface area contributed by atoms with Crippen molar-refractivity contribution >= 4 is 17.5 Å². The average molecular weight is 294 g/mol. The first-order valence-electron chi connectivity index (χ1n) is 6.85. The molecule has 0 saturated carbocycles. The first-order chi connectivity index (χ1) is 10.1. The molecule has 0 spiro atoms. The summed E-state index contributed by atoms with van der Waals surface area (Å²) in [7, 11) is 0. The second-order valence-corrected chi connectivity index (χ2v) is 4.83. The van der Waals surface area contributed by atoms with Gasteiger partial charge in [0.1, 0.15) is 5.82 Å². The summed E-state index contributed by atoms with van der Waals surface area (Å²) < 4.78 is 12.9. The normalized spacial score (nSPS) is 15.0. The molecule has 21 heavy (non-hydrogen) atoms. The highest BCUT2D eigenvalue weighted by molar-refractivity contribution is 5.85. The van der Waals surface area contributed by atoms with E-state index in [-0.39, 0.29) is 30.7 Å². The molecule has 0 bridgehead atoms. The summed E-state index contributed by atoms with van der Waals surface area (Å²) in [5.74, 6) is -0.716. The number of nitrogens with zero attached hydrogens (tertiary/aromatic N) is 2. The van der Waals surface area contributed by atoms with Crippen LogP contribution in [0.15, 0.2) is 24.3 Å². The Hall–Kier alpha value is -2.15. The zero-order valence-corrected chi connectivity index (χ0v) is 11.7. The monoisotopic (exact) mass is 294 g/mol. The van der Waals surface area contributed by atoms with Crippen molar-refractivity contribution in [1.82, 2.24) is 10.2 Å². The summed E-state index contributed by atoms with van der Waals surface area (Å²) in [6, 6.07) is 6.31. The quantitative estimate of drug-likeness (QED) is 0.788. The van der Waals surface area contributed by atoms with Gasteiger partial charge in [0.2, 0.25) is 11.8 Å². The van der Waals surface area contributed by atoms with Crippen LogP contribution < -0.4 is 16.0 Å². The Bertz CT molecular complexity index is 498. The third-order valence-corrected chi connectivity index (χ3v) is 3.45. The number of hydrogen-bond donors (Lipinski definition) is 2. The summed E-state index contributed by atoms with van der Waals surface area (Å²) in [6.07, 6.45) is 0. The van der Waals surface area contributed by atoms with E-state index in [9.17, 15) is 14.0 Å². The van der Waals surface area contributed by atoms with Crippen LogP contribution >= 0.6 is 0 Å². The van der Waals surface area contributed by atoms with Crippen LogP contribution in [-0.2, 0) is 9.59 Å². The van der Waals surface area contributed by atoms with Gasteiger partial charge in [-0.3, -0.25) is 9.59 Å². The molecule has 2 rings (SSSR count). The van der Waals surface area contributed by atoms with Gasteiger partial charge >= 0.3 is 0 Å². The third kappa shape index (κ3) is 4.16. The molecule has 1 fully saturated rings. The smallest absolute Gasteiger partial charge is 0.242 e. The van der Waals surface area contributed by atoms with Gasteiger partial charge in [0.25, 0.3) is 0 Å². The van der Waals surface area contributed by atoms with Crippen molar-refractivity contribution in [2.45, 2.75) is 0 Å². The minimum atomic E-state index is -0.340. The maximum absolute atomic E-state index is 12.9. The molecule has 114 valence electrons. The van der Waals surface area contributed by atoms with E-state index in [1.807, 2.05) is 0 Å². The van der Waals surface area contributed by atoms with Crippen LogP contribution in [-0.4, -0.2) is 56.0 Å². The second-order valence-electron chi connectivity index (χ2n) is 4.83. The van der Waals surface area contributed by atoms with Gasteiger partial charge in [-0.2, -0.15) is 0 Å². The van der Waals surface area contributed by atoms with Gasteiger partial charge in [-0.25, -0.2) is 4.39 Å². The molecule has 0 radical (unpaired) electrons. The van der Waals surface area contributed by atoms with Gasteiger partial charge in [-0.15, -0.1) is 0 Å². The minimum absolute atomic E-state index is 0.0212. The lowest BCUT2D eigenvalue weighted by Gasteiger charge is -2.36. The van der Waals surface area contributed by atoms with E-state index in [1.54, 1.807) is 17.0 Å². The Morgan fingerprint density at radius 1 is 1.14 bits per heavy atom. The fourth-order valence-corrected chi connectivity index (χ4v) is 2.22. The number of piperazine rings is 1. The summed E-state index contributed by atoms with van der Waals surface area (Å²) in [5.41, 5.74) is 6.10. The van der Waals surface area contributed by atoms with Crippen LogP contribution in [0.2, 0.25) is 0 Å². The Labute approximate surface area is 122 Å². The molecule has 1 heterocycles. The molecule has 7 heteroatoms. The average Bonchev–Trinajstić information content (AvgIpc) is 2.53. The van der Waals surface area contributed by atoms with Crippen LogP contribution in [0.3, 0.4) is 0 Å². The minimum Gasteiger partial charge on any atom is -0.368 e. The number of carbonyl (C=O) groups excluding carboxylic acids is 2. The van der Waals surface area contributed by atoms with Crippen LogP contribution in [0, 0.1) is 5.82 Å². The lowest BCUT2D eigenvalue weighted by molar-refractivity contribution is -0.132. The SMILES string of the molecule is NCC(=O)NCC(=O)N1CCN(c2ccc(F)cc2)CC1. The molecule has 6 nitrogen and oxygen atoms in total. The highest BCUT2D eigenvalue weighted by Gasteiger charge is 2.21. The molecular formula is C14H19FN4O2. The Morgan fingerprint density at radius 3 is 2.33 bits per heavy atom. The van der Waals surface area contributed by atoms with Crippen molar-refractivity contribution in [3.63, 3.8) is 0 Å². The molecule has 1 aromatic rings. The summed E-state index contributed by atoms with van der Waals surface area (Å²) in [4.78, 5) is 26.7. The van der Waals surface area contributed by atoms with E-state index in [1.165, 1.54) is 12.1 Å². The number of hydrogen-bond acceptors (Lipinski definition) is 4. The predicted molar refractivity (Wildman–Crippen MR) is 77.3 cm³/mol. The number of rotatable bonds is 4. The highest BCUT2D eigenvalue weighted by atomic mass is 19.1. The van der Waals surface area contributed by atoms with Crippen LogP contribution in [0.25, 0.3) is 0 Å². The maximum Gasteiger partial charge on any atom is 0.242 e. The first-order valence-corrected chi connectivity index (χ1v) is 6.85. The largest absolute Gasteiger partial charge is 0.368 e. The summed E-state index contributed by atoms with van der Waals surface area (Å²) in [6.45, 7) is 2.38. The highest BCUT2D eigenvalue weighted by Crippen LogP contribution is 2.16. The lowest BCUT2D eigenvalue weighted by atomic mass is 10.2. The topological polar surface area (TPSA) is 78.7 Å². The molecule has 1 aliphatic rings. The molecule has 3 N–H and O–H groups in total. The van der Waals surface area contributed by atoms with Gasteiger partial charge in [-0.05, 0) is 24.3 Å². The number of benzene rings is 1. The van der Waals surface area contributed by atoms with Crippen molar-refractivity contribution in [3.05, 3.63) is 30.1 Å². The third-order valence-electron chi connectivity index (χ3n) is 3.45. The number of carbonyl (C=O) groups is 2. The summed E-state index contributed by atoms with van der Waals surface area (Å²) in [5, 5.41) is 2.47. The van der Waals surface area contributed by atoms with Gasteiger partial charge in [-0.1, -0.05) is 0 Å². The van der Waals surface area contributed by atoms with Gasteiger partial charge < -0.3 is 20.9 Å². The van der Waals surface area contributed by atoms with Crippen molar-refractivity contribution in [1.29, 1.82) is 0 Å². The molecule has 1 saturated heterocycles. The van der Waals surface area contributed by atoms with E-state index >= 15 is 0 Å². The predicted octanol–water partition coefficient (Wildman–Crippen LogP) is -0.451. The van der Waals surface area contributed by atoms with Crippen molar-refractivity contribution in [3.8, 4) is 0 Å². The molecule has 0 aromatic heterocycles. The lowest BCUT2D eigenvalue weighted by Crippen LogP contribution is -2.51. The van der Waals surface area contributed by atoms with Crippen molar-refractivity contribution < 1.29 is 14.0 Å². The van der Waals surface area contributed by atoms with Gasteiger partial charge in [0.05, 0.1) is 13.1 Å². The fourth-order valence-electron chi connectivity index (χ4n) is 2.22. The second kappa shape index (κ2) is 7.03. The van der Waals surface area contributed by atoms with Gasteiger partial charge in [0, 0.05) is 31.9 Å². The maximum atomic E-state index is 12.9. The summed E-state index contributed by atoms with van der Waals surface area (Å²) >= 11 is 0. The number of anilines is 1. The zero-order chi connectivity index (χ0) is 15.2. The standard InChI is InChI=1S/C14H19FN4O2/c15-11-1-3-12(4-2-11)18-5-7-19(8-6-18)14(21)10-17-13(20)9-16/h1-4H,5-10,16H2,(H,17,20). The molecule has 2 amide bonds. The molecular weight excluding hydrogens is 275 g/mol. The molecule has 0 unspecified atom stereocenters. The fraction of sp³-hybridized carbons (Fsp3) is 0.429. The molecule has 1 aliphatic heterocycles. The number of halogens is 1. The number of nitrogens with two attached hydrogens (primary N) is 1.